The van der Waals surface area contributed by atoms with E-state index in [1.165, 1.54) is 103 Å². The lowest BCUT2D eigenvalue weighted by Crippen LogP contribution is -2.22. The molecule has 0 spiro atoms. The predicted molar refractivity (Wildman–Crippen MR) is 140 cm³/mol. The number of phenolic OH excluding ortho intramolecular Hbond substituents is 2. The third-order valence-electron chi connectivity index (χ3n) is 5.53. The summed E-state index contributed by atoms with van der Waals surface area (Å²) in [5, 5.41) is 18.8. The summed E-state index contributed by atoms with van der Waals surface area (Å²) in [6.45, 7) is 3.81. The van der Waals surface area contributed by atoms with E-state index < -0.39 is 25.8 Å². The van der Waals surface area contributed by atoms with Crippen LogP contribution in [0, 0.1) is 0 Å². The van der Waals surface area contributed by atoms with Gasteiger partial charge in [-0.25, -0.2) is 16.8 Å². The van der Waals surface area contributed by atoms with Crippen LogP contribution >= 0.6 is 0 Å². The van der Waals surface area contributed by atoms with Crippen LogP contribution in [0.5, 0.6) is 23.0 Å². The van der Waals surface area contributed by atoms with Gasteiger partial charge in [0.15, 0.2) is 6.10 Å². The molecule has 0 heterocycles. The molecule has 8 nitrogen and oxygen atoms in total. The number of hydrogen-bond acceptors (Lipinski definition) is 8. The van der Waals surface area contributed by atoms with Crippen molar-refractivity contribution in [2.24, 2.45) is 0 Å². The Morgan fingerprint density at radius 1 is 0.605 bits per heavy atom. The number of phenols is 2. The van der Waals surface area contributed by atoms with Crippen LogP contribution in [-0.2, 0) is 19.7 Å². The maximum Gasteiger partial charge on any atom is 0.206 e. The minimum atomic E-state index is -3.75. The molecule has 196 valence electrons. The van der Waals surface area contributed by atoms with E-state index >= 15 is 0 Å². The second-order valence-electron chi connectivity index (χ2n) is 8.14. The second kappa shape index (κ2) is 11.0. The van der Waals surface area contributed by atoms with Crippen LogP contribution < -0.4 is 9.47 Å². The molecule has 38 heavy (non-hydrogen) atoms. The van der Waals surface area contributed by atoms with Gasteiger partial charge in [0.05, 0.1) is 19.6 Å². The first kappa shape index (κ1) is 26.8. The van der Waals surface area contributed by atoms with Crippen molar-refractivity contribution in [2.75, 3.05) is 6.61 Å². The molecule has 0 bridgehead atoms. The monoisotopic (exact) mass is 552 g/mol. The fourth-order valence-electron chi connectivity index (χ4n) is 3.44. The average Bonchev–Trinajstić information content (AvgIpc) is 2.92. The number of hydrogen-bond donors (Lipinski definition) is 2. The first-order chi connectivity index (χ1) is 18.1. The lowest BCUT2D eigenvalue weighted by molar-refractivity contribution is 0.164. The van der Waals surface area contributed by atoms with Crippen molar-refractivity contribution >= 4 is 19.7 Å². The van der Waals surface area contributed by atoms with Crippen LogP contribution in [0.25, 0.3) is 0 Å². The molecule has 0 amide bonds. The molecule has 10 heteroatoms. The van der Waals surface area contributed by atoms with Crippen molar-refractivity contribution in [2.45, 2.75) is 25.7 Å². The van der Waals surface area contributed by atoms with Crippen LogP contribution in [0.3, 0.4) is 0 Å². The SMILES string of the molecule is C=CC(COc1ccc(S(=O)(=O)c2ccc(O)cc2)cc1)Oc1ccc(S(=O)(=O)c2ccc(O)cc2)cc1. The van der Waals surface area contributed by atoms with Crippen LogP contribution in [0.4, 0.5) is 0 Å². The predicted octanol–water partition coefficient (Wildman–Crippen LogP) is 4.78. The molecule has 0 saturated heterocycles. The van der Waals surface area contributed by atoms with Gasteiger partial charge in [0.2, 0.25) is 19.7 Å². The summed E-state index contributed by atoms with van der Waals surface area (Å²) in [6, 6.07) is 22.3. The van der Waals surface area contributed by atoms with Crippen LogP contribution in [0.15, 0.2) is 129 Å². The Bertz CT molecular complexity index is 1610. The number of aromatic hydroxyl groups is 2. The zero-order valence-electron chi connectivity index (χ0n) is 20.0. The van der Waals surface area contributed by atoms with Crippen molar-refractivity contribution in [3.8, 4) is 23.0 Å². The molecule has 0 aliphatic rings. The largest absolute Gasteiger partial charge is 0.508 e. The highest BCUT2D eigenvalue weighted by Gasteiger charge is 2.19. The highest BCUT2D eigenvalue weighted by atomic mass is 32.2. The normalized spacial score (nSPS) is 12.4. The maximum atomic E-state index is 12.8. The van der Waals surface area contributed by atoms with Gasteiger partial charge in [-0.15, -0.1) is 0 Å². The zero-order valence-corrected chi connectivity index (χ0v) is 21.6. The highest BCUT2D eigenvalue weighted by molar-refractivity contribution is 7.91. The lowest BCUT2D eigenvalue weighted by atomic mass is 10.3. The molecule has 0 saturated carbocycles. The molecule has 0 radical (unpaired) electrons. The van der Waals surface area contributed by atoms with E-state index in [0.717, 1.165) is 0 Å². The highest BCUT2D eigenvalue weighted by Crippen LogP contribution is 2.26. The molecular formula is C28H24O8S2. The van der Waals surface area contributed by atoms with Gasteiger partial charge < -0.3 is 19.7 Å². The van der Waals surface area contributed by atoms with E-state index in [9.17, 15) is 27.0 Å². The number of sulfone groups is 2. The van der Waals surface area contributed by atoms with E-state index in [1.807, 2.05) is 0 Å². The molecule has 4 aromatic carbocycles. The van der Waals surface area contributed by atoms with Gasteiger partial charge in [0.25, 0.3) is 0 Å². The van der Waals surface area contributed by atoms with Crippen molar-refractivity contribution in [3.63, 3.8) is 0 Å². The number of rotatable bonds is 10. The Morgan fingerprint density at radius 2 is 0.947 bits per heavy atom. The summed E-state index contributed by atoms with van der Waals surface area (Å²) in [4.78, 5) is 0.271. The molecule has 0 aliphatic heterocycles. The van der Waals surface area contributed by atoms with Gasteiger partial charge in [-0.3, -0.25) is 0 Å². The molecule has 0 fully saturated rings. The zero-order chi connectivity index (χ0) is 27.3. The summed E-state index contributed by atoms with van der Waals surface area (Å²) in [5.74, 6) is 0.765. The van der Waals surface area contributed by atoms with Gasteiger partial charge >= 0.3 is 0 Å². The van der Waals surface area contributed by atoms with Gasteiger partial charge in [-0.2, -0.15) is 0 Å². The van der Waals surface area contributed by atoms with Crippen LogP contribution in [0.1, 0.15) is 0 Å². The average molecular weight is 553 g/mol. The molecule has 2 N–H and O–H groups in total. The number of ether oxygens (including phenoxy) is 2. The van der Waals surface area contributed by atoms with Crippen molar-refractivity contribution in [3.05, 3.63) is 110 Å². The first-order valence-corrected chi connectivity index (χ1v) is 14.3. The molecule has 1 atom stereocenters. The summed E-state index contributed by atoms with van der Waals surface area (Å²) >= 11 is 0. The summed E-state index contributed by atoms with van der Waals surface area (Å²) in [6.07, 6.45) is 0.958. The van der Waals surface area contributed by atoms with Crippen molar-refractivity contribution in [1.82, 2.24) is 0 Å². The Balaban J connectivity index is 1.38. The molecule has 1 unspecified atom stereocenters. The van der Waals surface area contributed by atoms with E-state index in [4.69, 9.17) is 9.47 Å². The van der Waals surface area contributed by atoms with Crippen molar-refractivity contribution in [1.29, 1.82) is 0 Å². The smallest absolute Gasteiger partial charge is 0.206 e. The molecule has 0 aliphatic carbocycles. The molecule has 4 aromatic rings. The maximum absolute atomic E-state index is 12.8. The standard InChI is InChI=1S/C28H24O8S2/c1-2-22(36-24-9-17-28(18-10-24)38(33,34)26-13-5-21(30)6-14-26)19-35-23-7-15-27(16-8-23)37(31,32)25-11-3-20(29)4-12-25/h2-18,22,29-30H,1,19H2. The number of benzene rings is 4. The third-order valence-corrected chi connectivity index (χ3v) is 9.10. The van der Waals surface area contributed by atoms with Crippen LogP contribution in [0.2, 0.25) is 0 Å². The molecule has 0 aromatic heterocycles. The Labute approximate surface area is 220 Å². The van der Waals surface area contributed by atoms with Crippen LogP contribution in [-0.4, -0.2) is 39.8 Å². The molecule has 4 rings (SSSR count). The summed E-state index contributed by atoms with van der Waals surface area (Å²) in [7, 11) is -7.50. The Morgan fingerprint density at radius 3 is 1.32 bits per heavy atom. The van der Waals surface area contributed by atoms with Gasteiger partial charge in [0, 0.05) is 0 Å². The quantitative estimate of drug-likeness (QED) is 0.269. The minimum Gasteiger partial charge on any atom is -0.508 e. The van der Waals surface area contributed by atoms with Gasteiger partial charge in [-0.05, 0) is 103 Å². The van der Waals surface area contributed by atoms with E-state index in [2.05, 4.69) is 6.58 Å². The van der Waals surface area contributed by atoms with E-state index in [1.54, 1.807) is 0 Å². The molecular weight excluding hydrogens is 528 g/mol. The van der Waals surface area contributed by atoms with Gasteiger partial charge in [-0.1, -0.05) is 6.58 Å². The first-order valence-electron chi connectivity index (χ1n) is 11.3. The fraction of sp³-hybridized carbons (Fsp3) is 0.0714. The topological polar surface area (TPSA) is 127 Å². The van der Waals surface area contributed by atoms with E-state index in [-0.39, 0.29) is 37.7 Å². The van der Waals surface area contributed by atoms with Crippen molar-refractivity contribution < 1.29 is 36.5 Å². The Kier molecular flexibility index (Phi) is 7.75. The summed E-state index contributed by atoms with van der Waals surface area (Å²) in [5.41, 5.74) is 0. The lowest BCUT2D eigenvalue weighted by Gasteiger charge is -2.17. The fourth-order valence-corrected chi connectivity index (χ4v) is 5.96. The Hall–Kier alpha value is -4.28. The van der Waals surface area contributed by atoms with Gasteiger partial charge in [0.1, 0.15) is 29.6 Å². The minimum absolute atomic E-state index is 0.0262. The second-order valence-corrected chi connectivity index (χ2v) is 12.0. The third kappa shape index (κ3) is 5.99. The summed E-state index contributed by atoms with van der Waals surface area (Å²) < 4.78 is 62.6. The van der Waals surface area contributed by atoms with E-state index in [0.29, 0.717) is 11.5 Å².